The van der Waals surface area contributed by atoms with Crippen molar-refractivity contribution in [3.8, 4) is 0 Å². The number of ether oxygens (including phenoxy) is 1. The number of hydrogen-bond acceptors (Lipinski definition) is 5. The molecule has 0 bridgehead atoms. The van der Waals surface area contributed by atoms with Crippen LogP contribution in [0.1, 0.15) is 37.0 Å². The van der Waals surface area contributed by atoms with E-state index in [0.717, 1.165) is 6.42 Å². The van der Waals surface area contributed by atoms with Gasteiger partial charge in [-0.15, -0.1) is 0 Å². The number of para-hydroxylation sites is 1. The SMILES string of the molecule is CCC(C)NC(=O)CCNc1c(N)cccc1C(=O)OC. The summed E-state index contributed by atoms with van der Waals surface area (Å²) in [6, 6.07) is 5.16. The normalized spacial score (nSPS) is 11.6. The molecule has 0 fully saturated rings. The molecule has 0 aliphatic rings. The lowest BCUT2D eigenvalue weighted by molar-refractivity contribution is -0.121. The third-order valence-corrected chi connectivity index (χ3v) is 3.18. The van der Waals surface area contributed by atoms with Crippen molar-refractivity contribution in [3.63, 3.8) is 0 Å². The summed E-state index contributed by atoms with van der Waals surface area (Å²) in [7, 11) is 1.31. The van der Waals surface area contributed by atoms with E-state index in [9.17, 15) is 9.59 Å². The zero-order valence-electron chi connectivity index (χ0n) is 12.7. The maximum atomic E-state index is 11.7. The van der Waals surface area contributed by atoms with E-state index in [-0.39, 0.29) is 11.9 Å². The summed E-state index contributed by atoms with van der Waals surface area (Å²) in [5, 5.41) is 5.91. The molecule has 1 atom stereocenters. The Bertz CT molecular complexity index is 503. The maximum Gasteiger partial charge on any atom is 0.340 e. The number of nitrogens with two attached hydrogens (primary N) is 1. The third-order valence-electron chi connectivity index (χ3n) is 3.18. The highest BCUT2D eigenvalue weighted by Crippen LogP contribution is 2.24. The van der Waals surface area contributed by atoms with E-state index in [4.69, 9.17) is 10.5 Å². The highest BCUT2D eigenvalue weighted by atomic mass is 16.5. The number of carbonyl (C=O) groups is 2. The predicted octanol–water partition coefficient (Wildman–Crippen LogP) is 1.77. The van der Waals surface area contributed by atoms with Crippen LogP contribution in [-0.4, -0.2) is 31.6 Å². The van der Waals surface area contributed by atoms with Gasteiger partial charge in [0.05, 0.1) is 24.0 Å². The summed E-state index contributed by atoms with van der Waals surface area (Å²) in [6.07, 6.45) is 1.19. The largest absolute Gasteiger partial charge is 0.465 e. The first-order valence-corrected chi connectivity index (χ1v) is 6.99. The lowest BCUT2D eigenvalue weighted by Gasteiger charge is -2.14. The van der Waals surface area contributed by atoms with Crippen LogP contribution >= 0.6 is 0 Å². The zero-order valence-corrected chi connectivity index (χ0v) is 12.7. The molecule has 21 heavy (non-hydrogen) atoms. The van der Waals surface area contributed by atoms with Gasteiger partial charge in [0.2, 0.25) is 5.91 Å². The van der Waals surface area contributed by atoms with Gasteiger partial charge < -0.3 is 21.1 Å². The second kappa shape index (κ2) is 8.14. The van der Waals surface area contributed by atoms with Crippen molar-refractivity contribution in [3.05, 3.63) is 23.8 Å². The van der Waals surface area contributed by atoms with Crippen LogP contribution in [0.25, 0.3) is 0 Å². The maximum absolute atomic E-state index is 11.7. The number of methoxy groups -OCH3 is 1. The summed E-state index contributed by atoms with van der Waals surface area (Å²) >= 11 is 0. The standard InChI is InChI=1S/C15H23N3O3/c1-4-10(2)18-13(19)8-9-17-14-11(15(20)21-3)6-5-7-12(14)16/h5-7,10,17H,4,8-9,16H2,1-3H3,(H,18,19). The first kappa shape index (κ1) is 16.8. The number of benzene rings is 1. The Balaban J connectivity index is 2.63. The number of amides is 1. The minimum absolute atomic E-state index is 0.0361. The molecule has 1 aromatic rings. The molecule has 4 N–H and O–H groups in total. The summed E-state index contributed by atoms with van der Waals surface area (Å²) in [5.74, 6) is -0.500. The molecule has 0 spiro atoms. The highest BCUT2D eigenvalue weighted by Gasteiger charge is 2.14. The van der Waals surface area contributed by atoms with Crippen molar-refractivity contribution in [2.24, 2.45) is 0 Å². The van der Waals surface area contributed by atoms with E-state index in [1.54, 1.807) is 18.2 Å². The average molecular weight is 293 g/mol. The third kappa shape index (κ3) is 4.98. The molecule has 1 unspecified atom stereocenters. The van der Waals surface area contributed by atoms with E-state index >= 15 is 0 Å². The molecule has 1 rings (SSSR count). The van der Waals surface area contributed by atoms with Gasteiger partial charge in [-0.3, -0.25) is 4.79 Å². The molecule has 1 amide bonds. The Kier molecular flexibility index (Phi) is 6.52. The first-order chi connectivity index (χ1) is 9.99. The number of nitrogens with one attached hydrogen (secondary N) is 2. The van der Waals surface area contributed by atoms with E-state index in [1.807, 2.05) is 13.8 Å². The summed E-state index contributed by atoms with van der Waals surface area (Å²) in [6.45, 7) is 4.35. The molecule has 0 aromatic heterocycles. The van der Waals surface area contributed by atoms with Crippen molar-refractivity contribution in [1.82, 2.24) is 5.32 Å². The number of anilines is 2. The Labute approximate surface area is 125 Å². The highest BCUT2D eigenvalue weighted by molar-refractivity contribution is 5.98. The van der Waals surface area contributed by atoms with Gasteiger partial charge >= 0.3 is 5.97 Å². The smallest absolute Gasteiger partial charge is 0.340 e. The van der Waals surface area contributed by atoms with Crippen LogP contribution in [0.2, 0.25) is 0 Å². The molecule has 1 aromatic carbocycles. The number of nitrogen functional groups attached to an aromatic ring is 1. The minimum atomic E-state index is -0.464. The van der Waals surface area contributed by atoms with Crippen molar-refractivity contribution in [1.29, 1.82) is 0 Å². The van der Waals surface area contributed by atoms with Gasteiger partial charge in [0.15, 0.2) is 0 Å². The van der Waals surface area contributed by atoms with Crippen LogP contribution in [0.3, 0.4) is 0 Å². The molecule has 0 saturated carbocycles. The van der Waals surface area contributed by atoms with E-state index in [2.05, 4.69) is 10.6 Å². The second-order valence-electron chi connectivity index (χ2n) is 4.81. The topological polar surface area (TPSA) is 93.5 Å². The molecule has 0 heterocycles. The van der Waals surface area contributed by atoms with Gasteiger partial charge in [-0.05, 0) is 25.5 Å². The first-order valence-electron chi connectivity index (χ1n) is 6.99. The number of rotatable bonds is 7. The van der Waals surface area contributed by atoms with E-state index in [1.165, 1.54) is 7.11 Å². The predicted molar refractivity (Wildman–Crippen MR) is 83.2 cm³/mol. The van der Waals surface area contributed by atoms with Crippen LogP contribution in [0.4, 0.5) is 11.4 Å². The Hall–Kier alpha value is -2.24. The molecule has 116 valence electrons. The number of carbonyl (C=O) groups excluding carboxylic acids is 2. The second-order valence-corrected chi connectivity index (χ2v) is 4.81. The van der Waals surface area contributed by atoms with Crippen molar-refractivity contribution in [2.75, 3.05) is 24.7 Å². The molecular weight excluding hydrogens is 270 g/mol. The lowest BCUT2D eigenvalue weighted by Crippen LogP contribution is -2.33. The van der Waals surface area contributed by atoms with E-state index < -0.39 is 5.97 Å². The van der Waals surface area contributed by atoms with Crippen molar-refractivity contribution in [2.45, 2.75) is 32.7 Å². The van der Waals surface area contributed by atoms with Crippen LogP contribution in [0.15, 0.2) is 18.2 Å². The summed E-state index contributed by atoms with van der Waals surface area (Å²) in [4.78, 5) is 23.4. The average Bonchev–Trinajstić information content (AvgIpc) is 2.47. The fraction of sp³-hybridized carbons (Fsp3) is 0.467. The molecule has 0 aliphatic heterocycles. The van der Waals surface area contributed by atoms with Crippen LogP contribution < -0.4 is 16.4 Å². The molecule has 0 aliphatic carbocycles. The van der Waals surface area contributed by atoms with Gasteiger partial charge in [0.25, 0.3) is 0 Å². The number of esters is 1. The Morgan fingerprint density at radius 3 is 2.71 bits per heavy atom. The van der Waals surface area contributed by atoms with Gasteiger partial charge in [0.1, 0.15) is 0 Å². The van der Waals surface area contributed by atoms with Crippen LogP contribution in [0.5, 0.6) is 0 Å². The van der Waals surface area contributed by atoms with Crippen molar-refractivity contribution >= 4 is 23.3 Å². The van der Waals surface area contributed by atoms with E-state index in [0.29, 0.717) is 29.9 Å². The fourth-order valence-corrected chi connectivity index (χ4v) is 1.80. The quantitative estimate of drug-likeness (QED) is 0.526. The molecule has 0 radical (unpaired) electrons. The van der Waals surface area contributed by atoms with Gasteiger partial charge in [-0.1, -0.05) is 13.0 Å². The van der Waals surface area contributed by atoms with Crippen LogP contribution in [-0.2, 0) is 9.53 Å². The Morgan fingerprint density at radius 1 is 1.38 bits per heavy atom. The van der Waals surface area contributed by atoms with Gasteiger partial charge in [-0.25, -0.2) is 4.79 Å². The molecular formula is C15H23N3O3. The molecule has 6 heteroatoms. The van der Waals surface area contributed by atoms with Gasteiger partial charge in [-0.2, -0.15) is 0 Å². The van der Waals surface area contributed by atoms with Crippen molar-refractivity contribution < 1.29 is 14.3 Å². The summed E-state index contributed by atoms with van der Waals surface area (Å²) in [5.41, 5.74) is 7.17. The monoisotopic (exact) mass is 293 g/mol. The van der Waals surface area contributed by atoms with Crippen LogP contribution in [0, 0.1) is 0 Å². The number of hydrogen-bond donors (Lipinski definition) is 3. The zero-order chi connectivity index (χ0) is 15.8. The minimum Gasteiger partial charge on any atom is -0.465 e. The fourth-order valence-electron chi connectivity index (χ4n) is 1.80. The Morgan fingerprint density at radius 2 is 2.10 bits per heavy atom. The molecule has 0 saturated heterocycles. The molecule has 6 nitrogen and oxygen atoms in total. The lowest BCUT2D eigenvalue weighted by atomic mass is 10.1. The summed E-state index contributed by atoms with van der Waals surface area (Å²) < 4.78 is 4.71. The van der Waals surface area contributed by atoms with Gasteiger partial charge in [0, 0.05) is 19.0 Å².